The zero-order chi connectivity index (χ0) is 22.5. The number of furan rings is 1. The van der Waals surface area contributed by atoms with Crippen molar-refractivity contribution in [2.24, 2.45) is 0 Å². The normalized spacial score (nSPS) is 14.9. The number of methoxy groups -OCH3 is 1. The number of carbonyl (C=O) groups is 1. The van der Waals surface area contributed by atoms with Crippen LogP contribution in [0.5, 0.6) is 5.75 Å². The topological polar surface area (TPSA) is 63.0 Å². The van der Waals surface area contributed by atoms with Gasteiger partial charge in [0.05, 0.1) is 18.6 Å². The van der Waals surface area contributed by atoms with Crippen LogP contribution >= 0.6 is 11.6 Å². The van der Waals surface area contributed by atoms with E-state index in [0.29, 0.717) is 29.6 Å². The fourth-order valence-electron chi connectivity index (χ4n) is 3.70. The van der Waals surface area contributed by atoms with Gasteiger partial charge in [-0.3, -0.25) is 9.00 Å². The summed E-state index contributed by atoms with van der Waals surface area (Å²) >= 11 is 6.15. The van der Waals surface area contributed by atoms with Gasteiger partial charge >= 0.3 is 0 Å². The van der Waals surface area contributed by atoms with E-state index in [2.05, 4.69) is 4.90 Å². The van der Waals surface area contributed by atoms with Gasteiger partial charge < -0.3 is 19.0 Å². The number of anilines is 1. The van der Waals surface area contributed by atoms with Gasteiger partial charge in [0.15, 0.2) is 5.76 Å². The Morgan fingerprint density at radius 1 is 1.03 bits per heavy atom. The minimum Gasteiger partial charge on any atom is -0.497 e. The average Bonchev–Trinajstić information content (AvgIpc) is 3.28. The standard InChI is InChI=1S/C24H25ClN2O4S/c1-30-20-7-4-6-19(15-20)26-11-13-27(14-12-26)24(28)23-10-9-21(31-23)17-32(29)16-18-5-2-3-8-22(18)25/h2-10,15H,11-14,16-17H2,1H3/t32-/m1/s1. The van der Waals surface area contributed by atoms with E-state index < -0.39 is 10.8 Å². The third-order valence-electron chi connectivity index (χ3n) is 5.44. The molecule has 8 heteroatoms. The molecule has 3 aromatic rings. The molecule has 0 N–H and O–H groups in total. The molecular weight excluding hydrogens is 448 g/mol. The van der Waals surface area contributed by atoms with Crippen LogP contribution in [0, 0.1) is 0 Å². The Morgan fingerprint density at radius 2 is 1.81 bits per heavy atom. The van der Waals surface area contributed by atoms with Gasteiger partial charge in [-0.1, -0.05) is 35.9 Å². The first-order valence-electron chi connectivity index (χ1n) is 10.4. The van der Waals surface area contributed by atoms with Crippen molar-refractivity contribution in [3.05, 3.63) is 82.8 Å². The van der Waals surface area contributed by atoms with Crippen molar-refractivity contribution < 1.29 is 18.2 Å². The fraction of sp³-hybridized carbons (Fsp3) is 0.292. The number of ether oxygens (including phenoxy) is 1. The molecule has 1 aliphatic rings. The summed E-state index contributed by atoms with van der Waals surface area (Å²) < 4.78 is 23.5. The minimum atomic E-state index is -1.19. The fourth-order valence-corrected chi connectivity index (χ4v) is 5.15. The largest absolute Gasteiger partial charge is 0.497 e. The SMILES string of the molecule is COc1cccc(N2CCN(C(=O)c3ccc(C[S@](=O)Cc4ccccc4Cl)o3)CC2)c1. The van der Waals surface area contributed by atoms with Gasteiger partial charge in [0.25, 0.3) is 5.91 Å². The molecule has 1 aromatic heterocycles. The number of benzene rings is 2. The first-order valence-corrected chi connectivity index (χ1v) is 12.3. The number of nitrogens with zero attached hydrogens (tertiary/aromatic N) is 2. The van der Waals surface area contributed by atoms with Gasteiger partial charge in [-0.25, -0.2) is 0 Å². The molecule has 0 aliphatic carbocycles. The summed E-state index contributed by atoms with van der Waals surface area (Å²) in [5.41, 5.74) is 1.92. The second-order valence-electron chi connectivity index (χ2n) is 7.57. The van der Waals surface area contributed by atoms with E-state index in [0.717, 1.165) is 30.1 Å². The maximum absolute atomic E-state index is 12.9. The summed E-state index contributed by atoms with van der Waals surface area (Å²) in [4.78, 5) is 16.9. The van der Waals surface area contributed by atoms with Crippen molar-refractivity contribution in [3.8, 4) is 5.75 Å². The number of piperazine rings is 1. The van der Waals surface area contributed by atoms with Gasteiger partial charge in [-0.05, 0) is 35.9 Å². The van der Waals surface area contributed by atoms with Crippen LogP contribution < -0.4 is 9.64 Å². The monoisotopic (exact) mass is 472 g/mol. The Bertz CT molecular complexity index is 1110. The Labute approximate surface area is 195 Å². The molecule has 0 bridgehead atoms. The van der Waals surface area contributed by atoms with Crippen LogP contribution in [0.1, 0.15) is 21.9 Å². The van der Waals surface area contributed by atoms with Crippen LogP contribution in [0.15, 0.2) is 65.1 Å². The van der Waals surface area contributed by atoms with E-state index >= 15 is 0 Å². The van der Waals surface area contributed by atoms with Gasteiger partial charge in [-0.2, -0.15) is 0 Å². The molecule has 2 heterocycles. The van der Waals surface area contributed by atoms with Crippen LogP contribution in [0.4, 0.5) is 5.69 Å². The smallest absolute Gasteiger partial charge is 0.289 e. The first kappa shape index (κ1) is 22.4. The summed E-state index contributed by atoms with van der Waals surface area (Å²) in [5.74, 6) is 2.07. The Kier molecular flexibility index (Phi) is 7.17. The van der Waals surface area contributed by atoms with E-state index in [1.54, 1.807) is 30.2 Å². The summed E-state index contributed by atoms with van der Waals surface area (Å²) in [6, 6.07) is 18.7. The highest BCUT2D eigenvalue weighted by molar-refractivity contribution is 7.83. The van der Waals surface area contributed by atoms with Crippen molar-refractivity contribution in [1.29, 1.82) is 0 Å². The molecule has 0 radical (unpaired) electrons. The van der Waals surface area contributed by atoms with Gasteiger partial charge in [0.1, 0.15) is 11.5 Å². The Morgan fingerprint density at radius 3 is 2.56 bits per heavy atom. The number of halogens is 1. The van der Waals surface area contributed by atoms with Crippen molar-refractivity contribution in [1.82, 2.24) is 4.90 Å². The number of carbonyl (C=O) groups excluding carboxylic acids is 1. The highest BCUT2D eigenvalue weighted by Crippen LogP contribution is 2.23. The molecule has 1 aliphatic heterocycles. The lowest BCUT2D eigenvalue weighted by molar-refractivity contribution is 0.0713. The molecule has 0 saturated carbocycles. The predicted molar refractivity (Wildman–Crippen MR) is 127 cm³/mol. The first-order chi connectivity index (χ1) is 15.5. The lowest BCUT2D eigenvalue weighted by Crippen LogP contribution is -2.48. The maximum atomic E-state index is 12.9. The highest BCUT2D eigenvalue weighted by Gasteiger charge is 2.25. The molecule has 0 unspecified atom stereocenters. The molecule has 1 saturated heterocycles. The quantitative estimate of drug-likeness (QED) is 0.511. The van der Waals surface area contributed by atoms with E-state index in [4.69, 9.17) is 20.8 Å². The number of hydrogen-bond acceptors (Lipinski definition) is 5. The lowest BCUT2D eigenvalue weighted by atomic mass is 10.2. The summed E-state index contributed by atoms with van der Waals surface area (Å²) in [7, 11) is 0.467. The summed E-state index contributed by atoms with van der Waals surface area (Å²) in [6.07, 6.45) is 0. The number of rotatable bonds is 7. The molecule has 6 nitrogen and oxygen atoms in total. The zero-order valence-electron chi connectivity index (χ0n) is 17.8. The van der Waals surface area contributed by atoms with E-state index in [-0.39, 0.29) is 17.4 Å². The third-order valence-corrected chi connectivity index (χ3v) is 7.04. The van der Waals surface area contributed by atoms with Crippen molar-refractivity contribution in [3.63, 3.8) is 0 Å². The summed E-state index contributed by atoms with van der Waals surface area (Å²) in [6.45, 7) is 2.66. The van der Waals surface area contributed by atoms with Crippen molar-refractivity contribution in [2.45, 2.75) is 11.5 Å². The molecule has 1 atom stereocenters. The van der Waals surface area contributed by atoms with E-state index in [9.17, 15) is 9.00 Å². The second kappa shape index (κ2) is 10.2. The Hall–Kier alpha value is -2.77. The third kappa shape index (κ3) is 5.34. The minimum absolute atomic E-state index is 0.140. The molecule has 1 fully saturated rings. The maximum Gasteiger partial charge on any atom is 0.289 e. The van der Waals surface area contributed by atoms with E-state index in [1.165, 1.54) is 0 Å². The van der Waals surface area contributed by atoms with Crippen LogP contribution in [0.2, 0.25) is 5.02 Å². The average molecular weight is 473 g/mol. The predicted octanol–water partition coefficient (Wildman–Crippen LogP) is 4.35. The van der Waals surface area contributed by atoms with Crippen LogP contribution in [-0.2, 0) is 22.3 Å². The molecule has 0 spiro atoms. The van der Waals surface area contributed by atoms with Crippen molar-refractivity contribution in [2.75, 3.05) is 38.2 Å². The van der Waals surface area contributed by atoms with Gasteiger partial charge in [-0.15, -0.1) is 0 Å². The Balaban J connectivity index is 1.32. The molecule has 1 amide bonds. The van der Waals surface area contributed by atoms with Gasteiger partial charge in [0.2, 0.25) is 0 Å². The van der Waals surface area contributed by atoms with E-state index in [1.807, 2.05) is 42.5 Å². The molecule has 168 valence electrons. The molecular formula is C24H25ClN2O4S. The molecule has 2 aromatic carbocycles. The lowest BCUT2D eigenvalue weighted by Gasteiger charge is -2.35. The van der Waals surface area contributed by atoms with Crippen LogP contribution in [0.25, 0.3) is 0 Å². The number of amides is 1. The summed E-state index contributed by atoms with van der Waals surface area (Å²) in [5, 5.41) is 0.601. The van der Waals surface area contributed by atoms with Crippen LogP contribution in [-0.4, -0.2) is 48.3 Å². The number of hydrogen-bond donors (Lipinski definition) is 0. The second-order valence-corrected chi connectivity index (χ2v) is 9.43. The molecule has 32 heavy (non-hydrogen) atoms. The molecule has 4 rings (SSSR count). The van der Waals surface area contributed by atoms with Crippen LogP contribution in [0.3, 0.4) is 0 Å². The van der Waals surface area contributed by atoms with Gasteiger partial charge in [0, 0.05) is 53.8 Å². The highest BCUT2D eigenvalue weighted by atomic mass is 35.5. The van der Waals surface area contributed by atoms with Crippen molar-refractivity contribution >= 4 is 34.0 Å². The zero-order valence-corrected chi connectivity index (χ0v) is 19.4.